The maximum atomic E-state index is 12.7. The monoisotopic (exact) mass is 278 g/mol. The van der Waals surface area contributed by atoms with Gasteiger partial charge in [-0.2, -0.15) is 5.10 Å². The van der Waals surface area contributed by atoms with Gasteiger partial charge in [-0.1, -0.05) is 5.16 Å². The summed E-state index contributed by atoms with van der Waals surface area (Å²) in [6.07, 6.45) is 1.29. The summed E-state index contributed by atoms with van der Waals surface area (Å²) < 4.78 is 12.7. The van der Waals surface area contributed by atoms with E-state index in [0.29, 0.717) is 5.69 Å². The zero-order valence-corrected chi connectivity index (χ0v) is 10.1. The first-order valence-corrected chi connectivity index (χ1v) is 5.45. The van der Waals surface area contributed by atoms with Gasteiger partial charge < -0.3 is 16.3 Å². The predicted molar refractivity (Wildman–Crippen MR) is 70.1 cm³/mol. The number of nitrogens with one attached hydrogen (secondary N) is 3. The van der Waals surface area contributed by atoms with Crippen LogP contribution in [-0.4, -0.2) is 27.3 Å². The molecule has 2 amide bonds. The van der Waals surface area contributed by atoms with Gasteiger partial charge in [0.2, 0.25) is 0 Å². The number of halogens is 1. The number of amidine groups is 1. The van der Waals surface area contributed by atoms with Crippen LogP contribution in [0.5, 0.6) is 0 Å². The number of hydrogen-bond acceptors (Lipinski definition) is 4. The van der Waals surface area contributed by atoms with Gasteiger partial charge in [-0.3, -0.25) is 10.4 Å². The Balaban J connectivity index is 2.05. The minimum absolute atomic E-state index is 0.167. The molecule has 1 aromatic carbocycles. The number of urea groups is 1. The van der Waals surface area contributed by atoms with E-state index in [-0.39, 0.29) is 17.2 Å². The van der Waals surface area contributed by atoms with Crippen molar-refractivity contribution in [1.29, 1.82) is 0 Å². The summed E-state index contributed by atoms with van der Waals surface area (Å²) in [5.41, 5.74) is 6.06. The number of H-pyrrole nitrogens is 1. The first-order chi connectivity index (χ1) is 9.60. The van der Waals surface area contributed by atoms with E-state index >= 15 is 0 Å². The molecule has 8 nitrogen and oxygen atoms in total. The molecule has 9 heteroatoms. The Labute approximate surface area is 112 Å². The lowest BCUT2D eigenvalue weighted by molar-refractivity contribution is 0.262. The molecule has 2 aromatic rings. The number of nitrogens with two attached hydrogens (primary N) is 1. The minimum atomic E-state index is -0.590. The smallest absolute Gasteiger partial charge is 0.324 e. The standard InChI is InChI=1S/C11H11FN6O2/c12-6-1-3-7(4-2-6)15-11(19)16-10-8(5-14-17-10)9(13)18-20/h1-5,20H,(H2,13,18)(H3,14,15,16,17,19). The largest absolute Gasteiger partial charge is 0.409 e. The van der Waals surface area contributed by atoms with E-state index in [9.17, 15) is 9.18 Å². The highest BCUT2D eigenvalue weighted by Gasteiger charge is 2.12. The Kier molecular flexibility index (Phi) is 3.80. The third-order valence-corrected chi connectivity index (χ3v) is 2.36. The summed E-state index contributed by atoms with van der Waals surface area (Å²) in [7, 11) is 0. The van der Waals surface area contributed by atoms with Crippen molar-refractivity contribution in [2.24, 2.45) is 10.9 Å². The van der Waals surface area contributed by atoms with Crippen molar-refractivity contribution in [3.05, 3.63) is 41.8 Å². The van der Waals surface area contributed by atoms with Crippen molar-refractivity contribution in [2.75, 3.05) is 10.6 Å². The number of carbonyl (C=O) groups is 1. The number of oxime groups is 1. The van der Waals surface area contributed by atoms with Gasteiger partial charge in [0.15, 0.2) is 5.84 Å². The lowest BCUT2D eigenvalue weighted by Crippen LogP contribution is -2.22. The zero-order valence-electron chi connectivity index (χ0n) is 10.1. The van der Waals surface area contributed by atoms with Gasteiger partial charge in [0.05, 0.1) is 11.8 Å². The second-order valence-electron chi connectivity index (χ2n) is 3.73. The summed E-state index contributed by atoms with van der Waals surface area (Å²) in [6, 6.07) is 4.66. The molecule has 0 fully saturated rings. The Bertz CT molecular complexity index is 637. The number of amides is 2. The summed E-state index contributed by atoms with van der Waals surface area (Å²) in [5.74, 6) is -0.436. The van der Waals surface area contributed by atoms with Crippen molar-refractivity contribution in [2.45, 2.75) is 0 Å². The van der Waals surface area contributed by atoms with Crippen LogP contribution in [0.1, 0.15) is 5.56 Å². The van der Waals surface area contributed by atoms with Crippen LogP contribution in [0.25, 0.3) is 0 Å². The quantitative estimate of drug-likeness (QED) is 0.251. The van der Waals surface area contributed by atoms with Crippen molar-refractivity contribution >= 4 is 23.4 Å². The van der Waals surface area contributed by atoms with Crippen LogP contribution >= 0.6 is 0 Å². The van der Waals surface area contributed by atoms with Crippen LogP contribution in [0.15, 0.2) is 35.6 Å². The molecule has 0 saturated carbocycles. The van der Waals surface area contributed by atoms with Gasteiger partial charge in [0.25, 0.3) is 0 Å². The number of nitrogens with zero attached hydrogens (tertiary/aromatic N) is 2. The molecular weight excluding hydrogens is 267 g/mol. The second-order valence-corrected chi connectivity index (χ2v) is 3.73. The van der Waals surface area contributed by atoms with E-state index in [2.05, 4.69) is 26.0 Å². The Hall–Kier alpha value is -3.10. The highest BCUT2D eigenvalue weighted by atomic mass is 19.1. The van der Waals surface area contributed by atoms with Crippen LogP contribution < -0.4 is 16.4 Å². The molecular formula is C11H11FN6O2. The highest BCUT2D eigenvalue weighted by Crippen LogP contribution is 2.12. The molecule has 0 aliphatic heterocycles. The molecule has 0 aliphatic carbocycles. The maximum Gasteiger partial charge on any atom is 0.324 e. The van der Waals surface area contributed by atoms with E-state index in [4.69, 9.17) is 10.9 Å². The number of anilines is 2. The topological polar surface area (TPSA) is 128 Å². The normalized spacial score (nSPS) is 11.2. The first-order valence-electron chi connectivity index (χ1n) is 5.45. The van der Waals surface area contributed by atoms with E-state index < -0.39 is 11.8 Å². The first kappa shape index (κ1) is 13.3. The highest BCUT2D eigenvalue weighted by molar-refractivity contribution is 6.06. The molecule has 0 radical (unpaired) electrons. The average molecular weight is 278 g/mol. The number of benzene rings is 1. The molecule has 0 spiro atoms. The zero-order chi connectivity index (χ0) is 14.5. The molecule has 0 unspecified atom stereocenters. The molecule has 0 saturated heterocycles. The van der Waals surface area contributed by atoms with Crippen molar-refractivity contribution in [3.63, 3.8) is 0 Å². The van der Waals surface area contributed by atoms with Gasteiger partial charge in [0.1, 0.15) is 11.6 Å². The lowest BCUT2D eigenvalue weighted by Gasteiger charge is -2.07. The van der Waals surface area contributed by atoms with Crippen LogP contribution in [0.3, 0.4) is 0 Å². The third-order valence-electron chi connectivity index (χ3n) is 2.36. The second kappa shape index (κ2) is 5.69. The molecule has 1 heterocycles. The molecule has 0 aliphatic rings. The van der Waals surface area contributed by atoms with Crippen LogP contribution in [0.2, 0.25) is 0 Å². The maximum absolute atomic E-state index is 12.7. The van der Waals surface area contributed by atoms with E-state index in [1.54, 1.807) is 0 Å². The summed E-state index contributed by atoms with van der Waals surface area (Å²) in [6.45, 7) is 0. The number of aromatic nitrogens is 2. The Morgan fingerprint density at radius 3 is 2.70 bits per heavy atom. The summed E-state index contributed by atoms with van der Waals surface area (Å²) in [5, 5.41) is 22.5. The van der Waals surface area contributed by atoms with E-state index in [0.717, 1.165) is 0 Å². The average Bonchev–Trinajstić information content (AvgIpc) is 2.88. The third kappa shape index (κ3) is 3.02. The fraction of sp³-hybridized carbons (Fsp3) is 0. The molecule has 1 aromatic heterocycles. The van der Waals surface area contributed by atoms with Crippen LogP contribution in [0.4, 0.5) is 20.7 Å². The predicted octanol–water partition coefficient (Wildman–Crippen LogP) is 1.29. The molecule has 6 N–H and O–H groups in total. The van der Waals surface area contributed by atoms with Gasteiger partial charge in [0, 0.05) is 5.69 Å². The van der Waals surface area contributed by atoms with Gasteiger partial charge in [-0.25, -0.2) is 9.18 Å². The SMILES string of the molecule is NC(=NO)c1cn[nH]c1NC(=O)Nc1ccc(F)cc1. The Morgan fingerprint density at radius 1 is 1.35 bits per heavy atom. The number of aromatic amines is 1. The van der Waals surface area contributed by atoms with Crippen LogP contribution in [-0.2, 0) is 0 Å². The van der Waals surface area contributed by atoms with E-state index in [1.165, 1.54) is 30.5 Å². The van der Waals surface area contributed by atoms with Gasteiger partial charge >= 0.3 is 6.03 Å². The molecule has 20 heavy (non-hydrogen) atoms. The lowest BCUT2D eigenvalue weighted by atomic mass is 10.3. The molecule has 104 valence electrons. The van der Waals surface area contributed by atoms with Gasteiger partial charge in [-0.05, 0) is 24.3 Å². The summed E-state index contributed by atoms with van der Waals surface area (Å²) >= 11 is 0. The van der Waals surface area contributed by atoms with Crippen molar-refractivity contribution in [1.82, 2.24) is 10.2 Å². The van der Waals surface area contributed by atoms with Crippen molar-refractivity contribution < 1.29 is 14.4 Å². The fourth-order valence-electron chi connectivity index (χ4n) is 1.44. The van der Waals surface area contributed by atoms with Crippen molar-refractivity contribution in [3.8, 4) is 0 Å². The fourth-order valence-corrected chi connectivity index (χ4v) is 1.44. The molecule has 0 bridgehead atoms. The number of carbonyl (C=O) groups excluding carboxylic acids is 1. The Morgan fingerprint density at radius 2 is 2.05 bits per heavy atom. The summed E-state index contributed by atoms with van der Waals surface area (Å²) in [4.78, 5) is 11.7. The number of hydrogen-bond donors (Lipinski definition) is 5. The number of rotatable bonds is 3. The van der Waals surface area contributed by atoms with E-state index in [1.807, 2.05) is 0 Å². The van der Waals surface area contributed by atoms with Crippen LogP contribution in [0, 0.1) is 5.82 Å². The molecule has 0 atom stereocenters. The van der Waals surface area contributed by atoms with Gasteiger partial charge in [-0.15, -0.1) is 0 Å². The molecule has 2 rings (SSSR count). The minimum Gasteiger partial charge on any atom is -0.409 e.